The molecule has 1 aromatic heterocycles. The molecule has 19 heavy (non-hydrogen) atoms. The highest BCUT2D eigenvalue weighted by Crippen LogP contribution is 2.19. The fourth-order valence-corrected chi connectivity index (χ4v) is 3.45. The van der Waals surface area contributed by atoms with Gasteiger partial charge in [-0.1, -0.05) is 17.7 Å². The first kappa shape index (κ1) is 14.2. The van der Waals surface area contributed by atoms with Gasteiger partial charge in [0.15, 0.2) is 0 Å². The lowest BCUT2D eigenvalue weighted by Gasteiger charge is -2.15. The first-order valence-electron chi connectivity index (χ1n) is 6.69. The van der Waals surface area contributed by atoms with Gasteiger partial charge in [0.25, 0.3) is 0 Å². The maximum atomic E-state index is 6.29. The van der Waals surface area contributed by atoms with Crippen LogP contribution in [-0.4, -0.2) is 11.0 Å². The summed E-state index contributed by atoms with van der Waals surface area (Å²) in [6.07, 6.45) is 1.79. The SMILES string of the molecule is Cc1cc(C)c(CC(N)Cc2nc(C)cs2)c(C)c1. The van der Waals surface area contributed by atoms with Crippen LogP contribution in [0.3, 0.4) is 0 Å². The number of aromatic nitrogens is 1. The summed E-state index contributed by atoms with van der Waals surface area (Å²) < 4.78 is 0. The van der Waals surface area contributed by atoms with Gasteiger partial charge >= 0.3 is 0 Å². The van der Waals surface area contributed by atoms with Crippen molar-refractivity contribution < 1.29 is 0 Å². The van der Waals surface area contributed by atoms with E-state index in [2.05, 4.69) is 43.3 Å². The fourth-order valence-electron chi connectivity index (χ4n) is 2.59. The van der Waals surface area contributed by atoms with Crippen molar-refractivity contribution >= 4 is 11.3 Å². The lowest BCUT2D eigenvalue weighted by Crippen LogP contribution is -2.26. The van der Waals surface area contributed by atoms with Crippen molar-refractivity contribution in [2.24, 2.45) is 5.73 Å². The van der Waals surface area contributed by atoms with E-state index in [0.29, 0.717) is 0 Å². The van der Waals surface area contributed by atoms with Crippen molar-refractivity contribution in [3.63, 3.8) is 0 Å². The Morgan fingerprint density at radius 1 is 1.11 bits per heavy atom. The predicted octanol–water partition coefficient (Wildman–Crippen LogP) is 3.49. The molecule has 3 heteroatoms. The van der Waals surface area contributed by atoms with Crippen LogP contribution < -0.4 is 5.73 Å². The molecule has 0 fully saturated rings. The van der Waals surface area contributed by atoms with Gasteiger partial charge < -0.3 is 5.73 Å². The fraction of sp³-hybridized carbons (Fsp3) is 0.438. The minimum atomic E-state index is 0.144. The third kappa shape index (κ3) is 3.64. The molecule has 0 radical (unpaired) electrons. The average Bonchev–Trinajstić information content (AvgIpc) is 2.69. The van der Waals surface area contributed by atoms with Crippen molar-refractivity contribution in [1.82, 2.24) is 4.98 Å². The van der Waals surface area contributed by atoms with Crippen molar-refractivity contribution in [3.8, 4) is 0 Å². The zero-order valence-electron chi connectivity index (χ0n) is 12.2. The van der Waals surface area contributed by atoms with E-state index in [-0.39, 0.29) is 6.04 Å². The summed E-state index contributed by atoms with van der Waals surface area (Å²) >= 11 is 1.71. The van der Waals surface area contributed by atoms with Gasteiger partial charge in [0.05, 0.1) is 5.01 Å². The smallest absolute Gasteiger partial charge is 0.0943 e. The maximum Gasteiger partial charge on any atom is 0.0943 e. The molecule has 102 valence electrons. The molecule has 0 bridgehead atoms. The van der Waals surface area contributed by atoms with Gasteiger partial charge in [-0.15, -0.1) is 11.3 Å². The monoisotopic (exact) mass is 274 g/mol. The molecular formula is C16H22N2S. The molecule has 0 aliphatic rings. The average molecular weight is 274 g/mol. The molecular weight excluding hydrogens is 252 g/mol. The Balaban J connectivity index is 2.08. The number of hydrogen-bond donors (Lipinski definition) is 1. The second-order valence-corrected chi connectivity index (χ2v) is 6.37. The Morgan fingerprint density at radius 3 is 2.26 bits per heavy atom. The molecule has 1 heterocycles. The molecule has 0 aliphatic carbocycles. The van der Waals surface area contributed by atoms with Gasteiger partial charge in [0.1, 0.15) is 0 Å². The Hall–Kier alpha value is -1.19. The molecule has 0 aliphatic heterocycles. The van der Waals surface area contributed by atoms with Crippen molar-refractivity contribution in [2.75, 3.05) is 0 Å². The van der Waals surface area contributed by atoms with Crippen LogP contribution in [0.5, 0.6) is 0 Å². The third-order valence-corrected chi connectivity index (χ3v) is 4.40. The number of nitrogens with two attached hydrogens (primary N) is 1. The zero-order chi connectivity index (χ0) is 14.0. The van der Waals surface area contributed by atoms with E-state index >= 15 is 0 Å². The van der Waals surface area contributed by atoms with E-state index in [1.807, 2.05) is 6.92 Å². The summed E-state index contributed by atoms with van der Waals surface area (Å²) in [6.45, 7) is 8.52. The largest absolute Gasteiger partial charge is 0.327 e. The van der Waals surface area contributed by atoms with Crippen molar-refractivity contribution in [1.29, 1.82) is 0 Å². The second kappa shape index (κ2) is 5.85. The van der Waals surface area contributed by atoms with Gasteiger partial charge in [0.2, 0.25) is 0 Å². The first-order valence-corrected chi connectivity index (χ1v) is 7.57. The van der Waals surface area contributed by atoms with Gasteiger partial charge in [-0.3, -0.25) is 0 Å². The molecule has 2 rings (SSSR count). The van der Waals surface area contributed by atoms with E-state index < -0.39 is 0 Å². The van der Waals surface area contributed by atoms with Crippen LogP contribution in [0.1, 0.15) is 33.0 Å². The van der Waals surface area contributed by atoms with Crippen molar-refractivity contribution in [3.05, 3.63) is 50.5 Å². The van der Waals surface area contributed by atoms with E-state index in [0.717, 1.165) is 23.5 Å². The van der Waals surface area contributed by atoms with Crippen LogP contribution in [-0.2, 0) is 12.8 Å². The topological polar surface area (TPSA) is 38.9 Å². The maximum absolute atomic E-state index is 6.29. The summed E-state index contributed by atoms with van der Waals surface area (Å²) in [6, 6.07) is 4.62. The highest BCUT2D eigenvalue weighted by molar-refractivity contribution is 7.09. The summed E-state index contributed by atoms with van der Waals surface area (Å²) in [5.74, 6) is 0. The molecule has 2 N–H and O–H groups in total. The van der Waals surface area contributed by atoms with E-state index in [1.165, 1.54) is 22.3 Å². The Labute approximate surface area is 119 Å². The number of benzene rings is 1. The molecule has 1 atom stereocenters. The minimum Gasteiger partial charge on any atom is -0.327 e. The highest BCUT2D eigenvalue weighted by Gasteiger charge is 2.11. The van der Waals surface area contributed by atoms with E-state index in [4.69, 9.17) is 5.73 Å². The van der Waals surface area contributed by atoms with Crippen LogP contribution in [0.15, 0.2) is 17.5 Å². The van der Waals surface area contributed by atoms with Gasteiger partial charge in [0, 0.05) is 23.5 Å². The van der Waals surface area contributed by atoms with Crippen LogP contribution in [0.4, 0.5) is 0 Å². The molecule has 0 saturated carbocycles. The van der Waals surface area contributed by atoms with Gasteiger partial charge in [-0.25, -0.2) is 4.98 Å². The van der Waals surface area contributed by atoms with Crippen molar-refractivity contribution in [2.45, 2.75) is 46.6 Å². The van der Waals surface area contributed by atoms with E-state index in [1.54, 1.807) is 11.3 Å². The summed E-state index contributed by atoms with van der Waals surface area (Å²) in [5, 5.41) is 3.23. The molecule has 0 amide bonds. The van der Waals surface area contributed by atoms with E-state index in [9.17, 15) is 0 Å². The molecule has 1 unspecified atom stereocenters. The molecule has 2 aromatic rings. The number of hydrogen-bond acceptors (Lipinski definition) is 3. The quantitative estimate of drug-likeness (QED) is 0.927. The third-order valence-electron chi connectivity index (χ3n) is 3.41. The molecule has 2 nitrogen and oxygen atoms in total. The first-order chi connectivity index (χ1) is 8.95. The normalized spacial score (nSPS) is 12.7. The minimum absolute atomic E-state index is 0.144. The number of nitrogens with zero attached hydrogens (tertiary/aromatic N) is 1. The number of aryl methyl sites for hydroxylation is 4. The number of thiazole rings is 1. The summed E-state index contributed by atoms with van der Waals surface area (Å²) in [4.78, 5) is 4.49. The molecule has 0 saturated heterocycles. The second-order valence-electron chi connectivity index (χ2n) is 5.43. The number of rotatable bonds is 4. The van der Waals surface area contributed by atoms with Crippen LogP contribution >= 0.6 is 11.3 Å². The Kier molecular flexibility index (Phi) is 4.38. The van der Waals surface area contributed by atoms with Crippen LogP contribution in [0, 0.1) is 27.7 Å². The summed E-state index contributed by atoms with van der Waals surface area (Å²) in [5.41, 5.74) is 12.8. The Morgan fingerprint density at radius 2 is 1.74 bits per heavy atom. The predicted molar refractivity (Wildman–Crippen MR) is 82.9 cm³/mol. The standard InChI is InChI=1S/C16H22N2S/c1-10-5-11(2)15(12(3)6-10)7-14(17)8-16-18-13(4)9-19-16/h5-6,9,14H,7-8,17H2,1-4H3. The lowest BCUT2D eigenvalue weighted by molar-refractivity contribution is 0.657. The van der Waals surface area contributed by atoms with Gasteiger partial charge in [-0.2, -0.15) is 0 Å². The molecule has 1 aromatic carbocycles. The Bertz CT molecular complexity index is 549. The summed E-state index contributed by atoms with van der Waals surface area (Å²) in [7, 11) is 0. The zero-order valence-corrected chi connectivity index (χ0v) is 13.0. The lowest BCUT2D eigenvalue weighted by atomic mass is 9.94. The molecule has 0 spiro atoms. The van der Waals surface area contributed by atoms with Gasteiger partial charge in [-0.05, 0) is 50.8 Å². The van der Waals surface area contributed by atoms with Crippen LogP contribution in [0.2, 0.25) is 0 Å². The van der Waals surface area contributed by atoms with Crippen LogP contribution in [0.25, 0.3) is 0 Å². The highest BCUT2D eigenvalue weighted by atomic mass is 32.1.